The summed E-state index contributed by atoms with van der Waals surface area (Å²) in [4.78, 5) is 10.3. The first-order valence-corrected chi connectivity index (χ1v) is 8.28. The molecular weight excluding hydrogens is 343 g/mol. The fourth-order valence-electron chi connectivity index (χ4n) is 3.73. The highest BCUT2D eigenvalue weighted by molar-refractivity contribution is 9.10. The number of fused-ring (bicyclic) bond motifs is 2. The van der Waals surface area contributed by atoms with E-state index in [0.29, 0.717) is 12.8 Å². The first-order valence-electron chi connectivity index (χ1n) is 5.81. The van der Waals surface area contributed by atoms with Crippen molar-refractivity contribution < 1.29 is 17.3 Å². The number of rotatable bonds is 3. The third kappa shape index (κ3) is 2.10. The number of nitrogens with zero attached hydrogens (tertiary/aromatic N) is 2. The SMILES string of the molecule is CC1(C)[C@@H]2CC[C@@]1(CS(=O)(=O)F)/C(=N\[N+](=O)[O-])[C@@H]2Br. The molecule has 3 atom stereocenters. The lowest BCUT2D eigenvalue weighted by Crippen LogP contribution is -2.42. The van der Waals surface area contributed by atoms with Crippen molar-refractivity contribution in [3.8, 4) is 0 Å². The van der Waals surface area contributed by atoms with Crippen molar-refractivity contribution in [3.05, 3.63) is 10.1 Å². The predicted octanol–water partition coefficient (Wildman–Crippen LogP) is 2.12. The molecule has 6 nitrogen and oxygen atoms in total. The third-order valence-corrected chi connectivity index (χ3v) is 6.66. The highest BCUT2D eigenvalue weighted by atomic mass is 79.9. The van der Waals surface area contributed by atoms with Crippen LogP contribution in [0.15, 0.2) is 5.10 Å². The van der Waals surface area contributed by atoms with Crippen molar-refractivity contribution >= 4 is 31.9 Å². The van der Waals surface area contributed by atoms with Crippen molar-refractivity contribution in [2.75, 3.05) is 5.75 Å². The van der Waals surface area contributed by atoms with Crippen LogP contribution in [0, 0.1) is 26.9 Å². The minimum Gasteiger partial charge on any atom is -0.233 e. The summed E-state index contributed by atoms with van der Waals surface area (Å²) in [6, 6.07) is 0. The number of nitro groups is 1. The molecule has 2 bridgehead atoms. The van der Waals surface area contributed by atoms with Gasteiger partial charge in [-0.2, -0.15) is 8.42 Å². The Kier molecular flexibility index (Phi) is 3.29. The van der Waals surface area contributed by atoms with Crippen molar-refractivity contribution in [1.82, 2.24) is 0 Å². The van der Waals surface area contributed by atoms with Crippen LogP contribution >= 0.6 is 15.9 Å². The van der Waals surface area contributed by atoms with Crippen LogP contribution in [0.4, 0.5) is 3.89 Å². The quantitative estimate of drug-likeness (QED) is 0.335. The van der Waals surface area contributed by atoms with Gasteiger partial charge in [0.05, 0.1) is 15.7 Å². The molecular formula is C10H14BrFN2O4S. The number of alkyl halides is 1. The van der Waals surface area contributed by atoms with E-state index in [9.17, 15) is 22.4 Å². The minimum atomic E-state index is -4.74. The maximum Gasteiger partial charge on any atom is 0.303 e. The van der Waals surface area contributed by atoms with Gasteiger partial charge in [0.1, 0.15) is 5.71 Å². The Hall–Kier alpha value is -0.570. The molecule has 0 aromatic rings. The number of hydrazone groups is 1. The number of hydrogen-bond donors (Lipinski definition) is 0. The zero-order chi connectivity index (χ0) is 14.6. The molecule has 2 aliphatic rings. The number of halogens is 2. The fraction of sp³-hybridized carbons (Fsp3) is 0.900. The van der Waals surface area contributed by atoms with Crippen molar-refractivity contribution in [2.24, 2.45) is 21.8 Å². The summed E-state index contributed by atoms with van der Waals surface area (Å²) in [7, 11) is -4.74. The van der Waals surface area contributed by atoms with E-state index in [1.807, 2.05) is 13.8 Å². The van der Waals surface area contributed by atoms with Gasteiger partial charge in [0.25, 0.3) is 0 Å². The van der Waals surface area contributed by atoms with Gasteiger partial charge in [-0.3, -0.25) is 0 Å². The minimum absolute atomic E-state index is 0.0212. The summed E-state index contributed by atoms with van der Waals surface area (Å²) < 4.78 is 35.4. The second-order valence-corrected chi connectivity index (χ2v) is 8.11. The van der Waals surface area contributed by atoms with E-state index in [1.165, 1.54) is 0 Å². The first kappa shape index (κ1) is 14.8. The Labute approximate surface area is 118 Å². The molecule has 19 heavy (non-hydrogen) atoms. The second kappa shape index (κ2) is 4.21. The van der Waals surface area contributed by atoms with E-state index in [4.69, 9.17) is 0 Å². The lowest BCUT2D eigenvalue weighted by molar-refractivity contribution is -0.485. The maximum absolute atomic E-state index is 13.2. The van der Waals surface area contributed by atoms with E-state index in [2.05, 4.69) is 21.0 Å². The van der Waals surface area contributed by atoms with Gasteiger partial charge in [-0.05, 0) is 24.2 Å². The Morgan fingerprint density at radius 3 is 2.63 bits per heavy atom. The van der Waals surface area contributed by atoms with Crippen LogP contribution in [0.3, 0.4) is 0 Å². The third-order valence-electron chi connectivity index (χ3n) is 4.76. The average molecular weight is 357 g/mol. The fourth-order valence-corrected chi connectivity index (χ4v) is 6.44. The van der Waals surface area contributed by atoms with Gasteiger partial charge in [-0.1, -0.05) is 29.8 Å². The van der Waals surface area contributed by atoms with E-state index in [0.717, 1.165) is 0 Å². The zero-order valence-electron chi connectivity index (χ0n) is 10.5. The molecule has 2 fully saturated rings. The summed E-state index contributed by atoms with van der Waals surface area (Å²) in [5, 5.41) is 13.2. The van der Waals surface area contributed by atoms with Gasteiger partial charge in [-0.25, -0.2) is 10.1 Å². The zero-order valence-corrected chi connectivity index (χ0v) is 12.9. The van der Waals surface area contributed by atoms with E-state index < -0.39 is 31.8 Å². The molecule has 108 valence electrons. The Balaban J connectivity index is 2.60. The molecule has 2 saturated carbocycles. The van der Waals surface area contributed by atoms with Crippen LogP contribution < -0.4 is 0 Å². The highest BCUT2D eigenvalue weighted by Crippen LogP contribution is 2.66. The summed E-state index contributed by atoms with van der Waals surface area (Å²) in [6.07, 6.45) is 1.11. The standard InChI is InChI=1S/C10H14BrFN2O4S/c1-9(2)6-3-4-10(9,5-19(12,17)18)8(7(6)11)13-14(15)16/h6-7H,3-5H2,1-2H3/b13-8-/t6-,7-,10-/m1/s1. The Morgan fingerprint density at radius 1 is 1.58 bits per heavy atom. The average Bonchev–Trinajstić information content (AvgIpc) is 2.50. The van der Waals surface area contributed by atoms with E-state index in [-0.39, 0.29) is 16.5 Å². The van der Waals surface area contributed by atoms with Gasteiger partial charge >= 0.3 is 10.2 Å². The van der Waals surface area contributed by atoms with E-state index >= 15 is 0 Å². The molecule has 0 unspecified atom stereocenters. The molecule has 0 spiro atoms. The molecule has 0 heterocycles. The normalized spacial score (nSPS) is 38.8. The van der Waals surface area contributed by atoms with Crippen molar-refractivity contribution in [3.63, 3.8) is 0 Å². The van der Waals surface area contributed by atoms with Gasteiger partial charge in [0.2, 0.25) is 0 Å². The van der Waals surface area contributed by atoms with Gasteiger partial charge < -0.3 is 0 Å². The van der Waals surface area contributed by atoms with Crippen LogP contribution in [-0.2, 0) is 10.2 Å². The molecule has 0 radical (unpaired) electrons. The Bertz CT molecular complexity index is 562. The molecule has 0 saturated heterocycles. The highest BCUT2D eigenvalue weighted by Gasteiger charge is 2.69. The monoisotopic (exact) mass is 356 g/mol. The Morgan fingerprint density at radius 2 is 2.16 bits per heavy atom. The van der Waals surface area contributed by atoms with E-state index in [1.54, 1.807) is 0 Å². The number of hydrogen-bond acceptors (Lipinski definition) is 4. The summed E-state index contributed by atoms with van der Waals surface area (Å²) in [6.45, 7) is 3.65. The molecule has 9 heteroatoms. The van der Waals surface area contributed by atoms with Crippen molar-refractivity contribution in [2.45, 2.75) is 31.5 Å². The van der Waals surface area contributed by atoms with Crippen LogP contribution in [0.25, 0.3) is 0 Å². The lowest BCUT2D eigenvalue weighted by Gasteiger charge is -2.35. The summed E-state index contributed by atoms with van der Waals surface area (Å²) in [5.41, 5.74) is -1.48. The molecule has 2 aliphatic carbocycles. The molecule has 0 aromatic carbocycles. The molecule has 2 rings (SSSR count). The second-order valence-electron chi connectivity index (χ2n) is 5.76. The lowest BCUT2D eigenvalue weighted by atomic mass is 9.70. The molecule has 0 N–H and O–H groups in total. The van der Waals surface area contributed by atoms with Crippen LogP contribution in [-0.4, -0.2) is 29.7 Å². The summed E-state index contributed by atoms with van der Waals surface area (Å²) >= 11 is 3.36. The van der Waals surface area contributed by atoms with Crippen molar-refractivity contribution in [1.29, 1.82) is 0 Å². The summed E-state index contributed by atoms with van der Waals surface area (Å²) in [5.74, 6) is -0.717. The largest absolute Gasteiger partial charge is 0.303 e. The molecule has 0 aliphatic heterocycles. The molecule has 0 amide bonds. The van der Waals surface area contributed by atoms with Gasteiger partial charge in [0, 0.05) is 5.41 Å². The predicted molar refractivity (Wildman–Crippen MR) is 71.0 cm³/mol. The smallest absolute Gasteiger partial charge is 0.233 e. The van der Waals surface area contributed by atoms with Gasteiger partial charge in [0.15, 0.2) is 5.03 Å². The van der Waals surface area contributed by atoms with Crippen LogP contribution in [0.2, 0.25) is 0 Å². The van der Waals surface area contributed by atoms with Gasteiger partial charge in [-0.15, -0.1) is 3.89 Å². The van der Waals surface area contributed by atoms with Crippen LogP contribution in [0.1, 0.15) is 26.7 Å². The maximum atomic E-state index is 13.2. The first-order chi connectivity index (χ1) is 8.51. The van der Waals surface area contributed by atoms with Crippen LogP contribution in [0.5, 0.6) is 0 Å². The topological polar surface area (TPSA) is 89.6 Å². The molecule has 0 aromatic heterocycles.